The van der Waals surface area contributed by atoms with Crippen molar-refractivity contribution in [3.63, 3.8) is 0 Å². The number of hydrogen-bond donors (Lipinski definition) is 0. The standard InChI is InChI=1S/C12H19NOS/c1-3-13(4-2)10-11-15(14)12-8-6-5-7-9-12/h5-9H,3-4,10-11H2,1-2H3. The van der Waals surface area contributed by atoms with Gasteiger partial charge in [0.2, 0.25) is 0 Å². The molecule has 0 aliphatic rings. The third-order valence-corrected chi connectivity index (χ3v) is 3.84. The van der Waals surface area contributed by atoms with Gasteiger partial charge in [0.05, 0.1) is 10.8 Å². The lowest BCUT2D eigenvalue weighted by molar-refractivity contribution is 0.323. The first-order valence-corrected chi connectivity index (χ1v) is 6.75. The first kappa shape index (κ1) is 12.4. The minimum absolute atomic E-state index is 0.728. The van der Waals surface area contributed by atoms with Gasteiger partial charge >= 0.3 is 0 Å². The van der Waals surface area contributed by atoms with Gasteiger partial charge in [-0.15, -0.1) is 0 Å². The van der Waals surface area contributed by atoms with Crippen molar-refractivity contribution < 1.29 is 4.21 Å². The summed E-state index contributed by atoms with van der Waals surface area (Å²) in [7, 11) is -0.849. The lowest BCUT2D eigenvalue weighted by atomic mass is 10.4. The van der Waals surface area contributed by atoms with E-state index in [1.165, 1.54) is 0 Å². The molecule has 0 N–H and O–H groups in total. The molecule has 84 valence electrons. The van der Waals surface area contributed by atoms with Crippen LogP contribution in [0.1, 0.15) is 13.8 Å². The van der Waals surface area contributed by atoms with Gasteiger partial charge in [0.15, 0.2) is 0 Å². The summed E-state index contributed by atoms with van der Waals surface area (Å²) in [6, 6.07) is 9.68. The van der Waals surface area contributed by atoms with Crippen LogP contribution < -0.4 is 0 Å². The lowest BCUT2D eigenvalue weighted by Gasteiger charge is -2.17. The van der Waals surface area contributed by atoms with Crippen molar-refractivity contribution in [3.8, 4) is 0 Å². The van der Waals surface area contributed by atoms with Crippen LogP contribution in [0.5, 0.6) is 0 Å². The van der Waals surface area contributed by atoms with Crippen molar-refractivity contribution in [1.29, 1.82) is 0 Å². The van der Waals surface area contributed by atoms with Crippen LogP contribution in [0.2, 0.25) is 0 Å². The molecule has 0 heterocycles. The van der Waals surface area contributed by atoms with Gasteiger partial charge in [-0.25, -0.2) is 0 Å². The number of nitrogens with zero attached hydrogens (tertiary/aromatic N) is 1. The molecule has 15 heavy (non-hydrogen) atoms. The zero-order chi connectivity index (χ0) is 11.1. The molecule has 0 saturated carbocycles. The topological polar surface area (TPSA) is 20.3 Å². The molecule has 0 aromatic heterocycles. The van der Waals surface area contributed by atoms with Gasteiger partial charge in [0, 0.05) is 17.2 Å². The largest absolute Gasteiger partial charge is 0.303 e. The van der Waals surface area contributed by atoms with E-state index in [1.54, 1.807) is 0 Å². The van der Waals surface area contributed by atoms with Crippen LogP contribution >= 0.6 is 0 Å². The van der Waals surface area contributed by atoms with E-state index in [0.717, 1.165) is 30.3 Å². The number of rotatable bonds is 6. The van der Waals surface area contributed by atoms with Gasteiger partial charge in [-0.3, -0.25) is 4.21 Å². The summed E-state index contributed by atoms with van der Waals surface area (Å²) >= 11 is 0. The van der Waals surface area contributed by atoms with Crippen molar-refractivity contribution in [2.75, 3.05) is 25.4 Å². The highest BCUT2D eigenvalue weighted by atomic mass is 32.2. The van der Waals surface area contributed by atoms with Crippen LogP contribution in [0.3, 0.4) is 0 Å². The van der Waals surface area contributed by atoms with Crippen LogP contribution in [-0.4, -0.2) is 34.5 Å². The summed E-state index contributed by atoms with van der Waals surface area (Å²) in [6.07, 6.45) is 0. The summed E-state index contributed by atoms with van der Waals surface area (Å²) in [4.78, 5) is 3.23. The number of benzene rings is 1. The Bertz CT molecular complexity index is 296. The molecule has 0 spiro atoms. The second kappa shape index (κ2) is 6.75. The Balaban J connectivity index is 2.43. The Morgan fingerprint density at radius 1 is 1.13 bits per heavy atom. The zero-order valence-corrected chi connectivity index (χ0v) is 10.3. The van der Waals surface area contributed by atoms with E-state index in [1.807, 2.05) is 30.3 Å². The molecule has 1 aromatic rings. The Morgan fingerprint density at radius 3 is 2.27 bits per heavy atom. The van der Waals surface area contributed by atoms with Gasteiger partial charge < -0.3 is 4.90 Å². The second-order valence-corrected chi connectivity index (χ2v) is 4.96. The van der Waals surface area contributed by atoms with E-state index in [9.17, 15) is 4.21 Å². The quantitative estimate of drug-likeness (QED) is 0.739. The Kier molecular flexibility index (Phi) is 5.58. The maximum Gasteiger partial charge on any atom is 0.0542 e. The van der Waals surface area contributed by atoms with Crippen LogP contribution in [0.4, 0.5) is 0 Å². The molecule has 2 nitrogen and oxygen atoms in total. The molecule has 0 saturated heterocycles. The van der Waals surface area contributed by atoms with Crippen LogP contribution in [0.15, 0.2) is 35.2 Å². The highest BCUT2D eigenvalue weighted by Gasteiger charge is 2.05. The van der Waals surface area contributed by atoms with E-state index >= 15 is 0 Å². The van der Waals surface area contributed by atoms with Crippen LogP contribution in [-0.2, 0) is 10.8 Å². The second-order valence-electron chi connectivity index (χ2n) is 3.39. The Hall–Kier alpha value is -0.670. The molecule has 0 aliphatic carbocycles. The zero-order valence-electron chi connectivity index (χ0n) is 9.48. The van der Waals surface area contributed by atoms with Gasteiger partial charge in [0.25, 0.3) is 0 Å². The van der Waals surface area contributed by atoms with Crippen molar-refractivity contribution in [2.24, 2.45) is 0 Å². The lowest BCUT2D eigenvalue weighted by Crippen LogP contribution is -2.27. The molecular formula is C12H19NOS. The molecule has 0 radical (unpaired) electrons. The minimum atomic E-state index is -0.849. The maximum atomic E-state index is 11.9. The molecule has 3 heteroatoms. The van der Waals surface area contributed by atoms with E-state index in [-0.39, 0.29) is 0 Å². The molecule has 1 aromatic carbocycles. The Labute approximate surface area is 94.8 Å². The predicted octanol–water partition coefficient (Wildman–Crippen LogP) is 2.14. The van der Waals surface area contributed by atoms with Crippen LogP contribution in [0.25, 0.3) is 0 Å². The van der Waals surface area contributed by atoms with Gasteiger partial charge in [-0.1, -0.05) is 32.0 Å². The SMILES string of the molecule is CCN(CC)CCS(=O)c1ccccc1. The summed E-state index contributed by atoms with van der Waals surface area (Å²) in [5, 5.41) is 0. The third kappa shape index (κ3) is 4.14. The van der Waals surface area contributed by atoms with E-state index in [4.69, 9.17) is 0 Å². The summed E-state index contributed by atoms with van der Waals surface area (Å²) in [5.41, 5.74) is 0. The summed E-state index contributed by atoms with van der Waals surface area (Å²) < 4.78 is 11.9. The molecule has 1 atom stereocenters. The van der Waals surface area contributed by atoms with Crippen molar-refractivity contribution in [3.05, 3.63) is 30.3 Å². The molecule has 0 aliphatic heterocycles. The maximum absolute atomic E-state index is 11.9. The Morgan fingerprint density at radius 2 is 1.73 bits per heavy atom. The first-order chi connectivity index (χ1) is 7.27. The average Bonchev–Trinajstić information content (AvgIpc) is 2.31. The molecule has 1 unspecified atom stereocenters. The smallest absolute Gasteiger partial charge is 0.0542 e. The molecule has 0 fully saturated rings. The predicted molar refractivity (Wildman–Crippen MR) is 65.5 cm³/mol. The minimum Gasteiger partial charge on any atom is -0.303 e. The monoisotopic (exact) mass is 225 g/mol. The fourth-order valence-corrected chi connectivity index (χ4v) is 2.56. The molecule has 0 bridgehead atoms. The van der Waals surface area contributed by atoms with Gasteiger partial charge in [-0.2, -0.15) is 0 Å². The van der Waals surface area contributed by atoms with Crippen LogP contribution in [0, 0.1) is 0 Å². The fraction of sp³-hybridized carbons (Fsp3) is 0.500. The van der Waals surface area contributed by atoms with E-state index in [0.29, 0.717) is 0 Å². The fourth-order valence-electron chi connectivity index (χ4n) is 1.44. The van der Waals surface area contributed by atoms with Crippen molar-refractivity contribution in [2.45, 2.75) is 18.7 Å². The third-order valence-electron chi connectivity index (χ3n) is 2.49. The number of hydrogen-bond acceptors (Lipinski definition) is 2. The highest BCUT2D eigenvalue weighted by molar-refractivity contribution is 7.85. The molecular weight excluding hydrogens is 206 g/mol. The molecule has 0 amide bonds. The average molecular weight is 225 g/mol. The summed E-state index contributed by atoms with van der Waals surface area (Å²) in [6.45, 7) is 7.24. The van der Waals surface area contributed by atoms with Crippen molar-refractivity contribution in [1.82, 2.24) is 4.90 Å². The first-order valence-electron chi connectivity index (χ1n) is 5.43. The van der Waals surface area contributed by atoms with Gasteiger partial charge in [0.1, 0.15) is 0 Å². The molecule has 1 rings (SSSR count). The van der Waals surface area contributed by atoms with Crippen molar-refractivity contribution >= 4 is 10.8 Å². The normalized spacial score (nSPS) is 13.0. The van der Waals surface area contributed by atoms with E-state index in [2.05, 4.69) is 18.7 Å². The van der Waals surface area contributed by atoms with E-state index < -0.39 is 10.8 Å². The summed E-state index contributed by atoms with van der Waals surface area (Å²) in [5.74, 6) is 0.728. The highest BCUT2D eigenvalue weighted by Crippen LogP contribution is 2.05. The van der Waals surface area contributed by atoms with Gasteiger partial charge in [-0.05, 0) is 25.2 Å².